The minimum absolute atomic E-state index is 0.0510. The highest BCUT2D eigenvalue weighted by Gasteiger charge is 2.30. The van der Waals surface area contributed by atoms with Crippen molar-refractivity contribution in [2.24, 2.45) is 4.99 Å². The van der Waals surface area contributed by atoms with Gasteiger partial charge in [0, 0.05) is 19.6 Å². The Kier molecular flexibility index (Phi) is 35.2. The van der Waals surface area contributed by atoms with Gasteiger partial charge in [-0.05, 0) is 65.5 Å². The molecule has 0 saturated carbocycles. The highest BCUT2D eigenvalue weighted by Crippen LogP contribution is 2.26. The molecule has 230 valence electrons. The fourth-order valence-electron chi connectivity index (χ4n) is 2.47. The van der Waals surface area contributed by atoms with Gasteiger partial charge in [-0.2, -0.15) is 13.2 Å². The van der Waals surface area contributed by atoms with Crippen molar-refractivity contribution < 1.29 is 23.0 Å². The van der Waals surface area contributed by atoms with Gasteiger partial charge < -0.3 is 14.7 Å². The van der Waals surface area contributed by atoms with E-state index in [4.69, 9.17) is 9.84 Å². The lowest BCUT2D eigenvalue weighted by Crippen LogP contribution is -2.29. The fraction of sp³-hybridized carbons (Fsp3) is 0.645. The van der Waals surface area contributed by atoms with Crippen LogP contribution in [0.3, 0.4) is 0 Å². The number of aliphatic hydroxyl groups is 1. The number of nitrogens with zero attached hydrogens (tertiary/aromatic N) is 2. The van der Waals surface area contributed by atoms with Gasteiger partial charge in [-0.15, -0.1) is 11.8 Å². The van der Waals surface area contributed by atoms with Gasteiger partial charge in [-0.25, -0.2) is 0 Å². The highest BCUT2D eigenvalue weighted by atomic mass is 32.2. The zero-order chi connectivity index (χ0) is 31.2. The van der Waals surface area contributed by atoms with Crippen molar-refractivity contribution in [2.75, 3.05) is 45.6 Å². The van der Waals surface area contributed by atoms with Gasteiger partial charge in [0.25, 0.3) is 0 Å². The Balaban J connectivity index is -0.000000281. The average Bonchev–Trinajstić information content (AvgIpc) is 2.93. The number of allylic oxidation sites excluding steroid dienone is 5. The summed E-state index contributed by atoms with van der Waals surface area (Å²) in [6.07, 6.45) is 12.8. The van der Waals surface area contributed by atoms with Crippen molar-refractivity contribution in [1.82, 2.24) is 4.90 Å². The molecule has 4 nitrogen and oxygen atoms in total. The van der Waals surface area contributed by atoms with Crippen LogP contribution in [0, 0.1) is 0 Å². The maximum Gasteiger partial charge on any atom is 0.416 e. The topological polar surface area (TPSA) is 45.1 Å². The smallest absolute Gasteiger partial charge is 0.393 e. The van der Waals surface area contributed by atoms with Crippen molar-refractivity contribution in [2.45, 2.75) is 86.9 Å². The maximum atomic E-state index is 12.3. The SMILES string of the molecule is C/C=C/CCN(CC)CC/C=C/COC(C)(C)CO.C=C/C(=C\C=C\C(=NCC)SC)C(F)(F)F.CC.CC. The quantitative estimate of drug-likeness (QED) is 0.0911. The fourth-order valence-corrected chi connectivity index (χ4v) is 2.94. The van der Waals surface area contributed by atoms with E-state index >= 15 is 0 Å². The summed E-state index contributed by atoms with van der Waals surface area (Å²) in [4.78, 5) is 6.53. The van der Waals surface area contributed by atoms with Gasteiger partial charge in [0.15, 0.2) is 0 Å². The van der Waals surface area contributed by atoms with Crippen LogP contribution in [-0.2, 0) is 4.74 Å². The minimum Gasteiger partial charge on any atom is -0.393 e. The van der Waals surface area contributed by atoms with Gasteiger partial charge in [0.2, 0.25) is 0 Å². The molecule has 8 heteroatoms. The number of thioether (sulfide) groups is 1. The molecule has 0 spiro atoms. The third kappa shape index (κ3) is 30.8. The molecule has 0 aliphatic carbocycles. The summed E-state index contributed by atoms with van der Waals surface area (Å²) in [6, 6.07) is 0. The van der Waals surface area contributed by atoms with Crippen LogP contribution in [0.5, 0.6) is 0 Å². The van der Waals surface area contributed by atoms with Gasteiger partial charge >= 0.3 is 6.18 Å². The van der Waals surface area contributed by atoms with E-state index in [1.165, 1.54) is 17.8 Å². The monoisotopic (exact) mass is 578 g/mol. The summed E-state index contributed by atoms with van der Waals surface area (Å²) in [7, 11) is 0. The molecule has 0 aromatic rings. The Morgan fingerprint density at radius 2 is 1.59 bits per heavy atom. The van der Waals surface area contributed by atoms with Crippen LogP contribution in [0.1, 0.15) is 75.2 Å². The van der Waals surface area contributed by atoms with E-state index in [1.54, 1.807) is 6.08 Å². The first-order valence-corrected chi connectivity index (χ1v) is 15.1. The highest BCUT2D eigenvalue weighted by molar-refractivity contribution is 8.13. The van der Waals surface area contributed by atoms with E-state index < -0.39 is 17.4 Å². The molecular weight excluding hydrogens is 521 g/mol. The third-order valence-electron chi connectivity index (χ3n) is 4.61. The first-order valence-electron chi connectivity index (χ1n) is 13.9. The Morgan fingerprint density at radius 3 is 2.00 bits per heavy atom. The number of halogens is 3. The minimum atomic E-state index is -4.35. The predicted octanol–water partition coefficient (Wildman–Crippen LogP) is 9.06. The number of hydrogen-bond acceptors (Lipinski definition) is 5. The zero-order valence-electron chi connectivity index (χ0n) is 26.3. The lowest BCUT2D eigenvalue weighted by Gasteiger charge is -2.21. The Morgan fingerprint density at radius 1 is 1.03 bits per heavy atom. The van der Waals surface area contributed by atoms with E-state index in [2.05, 4.69) is 48.5 Å². The maximum absolute atomic E-state index is 12.3. The summed E-state index contributed by atoms with van der Waals surface area (Å²) in [5.74, 6) is 0. The van der Waals surface area contributed by atoms with Crippen molar-refractivity contribution in [1.29, 1.82) is 0 Å². The standard InChI is InChI=1S/C16H31NO2.C11H14F3NS.2C2H6/c1-5-7-9-12-17(6-2)13-10-8-11-14-19-16(3,4)15-18;1-4-9(11(12,13)14)7-6-8-10(16-3)15-5-2;2*1-2/h5,7-8,11,18H,6,9-10,12-15H2,1-4H3;4,6-8H,1,5H2,2-3H3;2*1-2H3/b7-5+,11-8+;8-6+,9-7+,15-10?;;. The average molecular weight is 579 g/mol. The van der Waals surface area contributed by atoms with E-state index in [9.17, 15) is 13.2 Å². The molecule has 0 rings (SSSR count). The largest absolute Gasteiger partial charge is 0.416 e. The number of rotatable bonds is 15. The van der Waals surface area contributed by atoms with E-state index in [0.29, 0.717) is 18.2 Å². The second kappa shape index (κ2) is 30.9. The first kappa shape index (κ1) is 44.4. The van der Waals surface area contributed by atoms with E-state index in [0.717, 1.165) is 44.6 Å². The molecule has 1 N–H and O–H groups in total. The molecular formula is C31H57F3N2O2S. The summed E-state index contributed by atoms with van der Waals surface area (Å²) >= 11 is 1.39. The van der Waals surface area contributed by atoms with Crippen LogP contribution in [0.2, 0.25) is 0 Å². The molecule has 0 amide bonds. The van der Waals surface area contributed by atoms with Crippen molar-refractivity contribution in [3.8, 4) is 0 Å². The van der Waals surface area contributed by atoms with Crippen molar-refractivity contribution in [3.05, 3.63) is 60.8 Å². The summed E-state index contributed by atoms with van der Waals surface area (Å²) in [5.41, 5.74) is -1.20. The lowest BCUT2D eigenvalue weighted by molar-refractivity contribution is -0.0881. The Hall–Kier alpha value is -1.61. The Labute approximate surface area is 242 Å². The number of alkyl halides is 3. The number of hydrogen-bond donors (Lipinski definition) is 1. The molecule has 0 fully saturated rings. The molecule has 0 radical (unpaired) electrons. The molecule has 0 atom stereocenters. The van der Waals surface area contributed by atoms with Crippen LogP contribution in [0.15, 0.2) is 65.8 Å². The number of aliphatic hydroxyl groups excluding tert-OH is 1. The summed E-state index contributed by atoms with van der Waals surface area (Å²) in [6.45, 7) is 25.6. The van der Waals surface area contributed by atoms with Crippen molar-refractivity contribution >= 4 is 16.8 Å². The number of aliphatic imine (C=N–C) groups is 1. The summed E-state index contributed by atoms with van der Waals surface area (Å²) in [5, 5.41) is 9.74. The van der Waals surface area contributed by atoms with Gasteiger partial charge in [0.05, 0.1) is 29.4 Å². The molecule has 0 aliphatic heterocycles. The van der Waals surface area contributed by atoms with Crippen LogP contribution < -0.4 is 0 Å². The molecule has 39 heavy (non-hydrogen) atoms. The molecule has 0 aromatic carbocycles. The molecule has 0 aromatic heterocycles. The lowest BCUT2D eigenvalue weighted by atomic mass is 10.1. The van der Waals surface area contributed by atoms with Crippen LogP contribution in [-0.4, -0.2) is 72.5 Å². The van der Waals surface area contributed by atoms with Gasteiger partial charge in [-0.1, -0.05) is 77.7 Å². The van der Waals surface area contributed by atoms with Gasteiger partial charge in [-0.3, -0.25) is 4.99 Å². The van der Waals surface area contributed by atoms with E-state index in [1.807, 2.05) is 60.8 Å². The molecule has 0 bridgehead atoms. The normalized spacial score (nSPS) is 12.7. The van der Waals surface area contributed by atoms with Crippen LogP contribution >= 0.6 is 11.8 Å². The molecule has 0 heterocycles. The molecule has 0 aliphatic rings. The van der Waals surface area contributed by atoms with Crippen molar-refractivity contribution in [3.63, 3.8) is 0 Å². The number of ether oxygens (including phenoxy) is 1. The van der Waals surface area contributed by atoms with Crippen LogP contribution in [0.4, 0.5) is 13.2 Å². The Bertz CT molecular complexity index is 698. The second-order valence-corrected chi connectivity index (χ2v) is 8.81. The van der Waals surface area contributed by atoms with Gasteiger partial charge in [0.1, 0.15) is 0 Å². The molecule has 0 saturated heterocycles. The zero-order valence-corrected chi connectivity index (χ0v) is 27.1. The predicted molar refractivity (Wildman–Crippen MR) is 170 cm³/mol. The summed E-state index contributed by atoms with van der Waals surface area (Å²) < 4.78 is 42.3. The first-order chi connectivity index (χ1) is 18.5. The van der Waals surface area contributed by atoms with E-state index in [-0.39, 0.29) is 6.61 Å². The molecule has 0 unspecified atom stereocenters. The van der Waals surface area contributed by atoms with Crippen LogP contribution in [0.25, 0.3) is 0 Å². The third-order valence-corrected chi connectivity index (χ3v) is 5.29. The second-order valence-electron chi connectivity index (χ2n) is 7.98.